The van der Waals surface area contributed by atoms with Crippen molar-refractivity contribution >= 4 is 11.9 Å². The lowest BCUT2D eigenvalue weighted by molar-refractivity contribution is -0.149. The average Bonchev–Trinajstić information content (AvgIpc) is 3.02. The standard InChI is InChI=1S/C37H56O6/c1-4-6-8-9-10-16-28-40-31(3)19-13-12-17-29-42-36(38)32(20-7-5-2)21-18-30-41-34-26-24-33(25-27-34)37(39)43-35-22-14-11-15-23-35/h11,14-15,22-27,31-32H,4-10,12-13,16-21,28-30H2,1-3H3. The molecule has 2 unspecified atom stereocenters. The van der Waals surface area contributed by atoms with Crippen LogP contribution in [-0.4, -0.2) is 37.9 Å². The highest BCUT2D eigenvalue weighted by molar-refractivity contribution is 5.91. The number of para-hydroxylation sites is 1. The van der Waals surface area contributed by atoms with Crippen molar-refractivity contribution in [1.29, 1.82) is 0 Å². The Balaban J connectivity index is 1.57. The number of carbonyl (C=O) groups is 2. The molecular formula is C37H56O6. The van der Waals surface area contributed by atoms with Crippen LogP contribution in [0.15, 0.2) is 54.6 Å². The molecule has 6 nitrogen and oxygen atoms in total. The Morgan fingerprint density at radius 1 is 0.628 bits per heavy atom. The van der Waals surface area contributed by atoms with Crippen molar-refractivity contribution < 1.29 is 28.5 Å². The van der Waals surface area contributed by atoms with E-state index in [1.807, 2.05) is 18.2 Å². The minimum atomic E-state index is -0.405. The van der Waals surface area contributed by atoms with Gasteiger partial charge in [-0.05, 0) is 88.3 Å². The molecule has 240 valence electrons. The van der Waals surface area contributed by atoms with E-state index in [2.05, 4.69) is 20.8 Å². The smallest absolute Gasteiger partial charge is 0.343 e. The van der Waals surface area contributed by atoms with Gasteiger partial charge in [-0.3, -0.25) is 4.79 Å². The van der Waals surface area contributed by atoms with E-state index < -0.39 is 5.97 Å². The van der Waals surface area contributed by atoms with Gasteiger partial charge < -0.3 is 18.9 Å². The molecule has 0 aliphatic heterocycles. The number of hydrogen-bond donors (Lipinski definition) is 0. The third-order valence-corrected chi connectivity index (χ3v) is 7.65. The zero-order valence-electron chi connectivity index (χ0n) is 27.0. The minimum absolute atomic E-state index is 0.0784. The molecule has 0 fully saturated rings. The van der Waals surface area contributed by atoms with Gasteiger partial charge in [-0.25, -0.2) is 4.79 Å². The van der Waals surface area contributed by atoms with Crippen LogP contribution in [0.3, 0.4) is 0 Å². The van der Waals surface area contributed by atoms with Crippen LogP contribution in [0.1, 0.15) is 127 Å². The Labute approximate surface area is 260 Å². The largest absolute Gasteiger partial charge is 0.494 e. The molecule has 6 heteroatoms. The van der Waals surface area contributed by atoms with Crippen LogP contribution in [0.25, 0.3) is 0 Å². The molecule has 0 aliphatic carbocycles. The third-order valence-electron chi connectivity index (χ3n) is 7.65. The molecule has 43 heavy (non-hydrogen) atoms. The molecule has 0 aliphatic rings. The highest BCUT2D eigenvalue weighted by Crippen LogP contribution is 2.20. The lowest BCUT2D eigenvalue weighted by atomic mass is 9.97. The maximum absolute atomic E-state index is 12.8. The molecule has 0 radical (unpaired) electrons. The van der Waals surface area contributed by atoms with Crippen molar-refractivity contribution in [2.24, 2.45) is 5.92 Å². The van der Waals surface area contributed by atoms with Gasteiger partial charge >= 0.3 is 11.9 Å². The van der Waals surface area contributed by atoms with Gasteiger partial charge in [0.2, 0.25) is 0 Å². The number of carbonyl (C=O) groups excluding carboxylic acids is 2. The van der Waals surface area contributed by atoms with Gasteiger partial charge in [-0.1, -0.05) is 83.4 Å². The molecule has 0 aromatic heterocycles. The Morgan fingerprint density at radius 3 is 2.02 bits per heavy atom. The quantitative estimate of drug-likeness (QED) is 0.0645. The summed E-state index contributed by atoms with van der Waals surface area (Å²) < 4.78 is 22.9. The molecule has 0 N–H and O–H groups in total. The maximum atomic E-state index is 12.8. The maximum Gasteiger partial charge on any atom is 0.343 e. The Kier molecular flexibility index (Phi) is 19.9. The van der Waals surface area contributed by atoms with Gasteiger partial charge in [0.25, 0.3) is 0 Å². The highest BCUT2D eigenvalue weighted by Gasteiger charge is 2.19. The van der Waals surface area contributed by atoms with Crippen LogP contribution in [0.4, 0.5) is 0 Å². The van der Waals surface area contributed by atoms with Crippen LogP contribution in [-0.2, 0) is 14.3 Å². The Bertz CT molecular complexity index is 974. The van der Waals surface area contributed by atoms with Crippen LogP contribution < -0.4 is 9.47 Å². The molecule has 2 aromatic carbocycles. The fourth-order valence-corrected chi connectivity index (χ4v) is 4.94. The van der Waals surface area contributed by atoms with E-state index in [0.29, 0.717) is 36.4 Å². The summed E-state index contributed by atoms with van der Waals surface area (Å²) in [5.74, 6) is 0.626. The monoisotopic (exact) mass is 596 g/mol. The van der Waals surface area contributed by atoms with Gasteiger partial charge in [-0.2, -0.15) is 0 Å². The average molecular weight is 597 g/mol. The predicted molar refractivity (Wildman–Crippen MR) is 174 cm³/mol. The van der Waals surface area contributed by atoms with E-state index in [0.717, 1.165) is 70.8 Å². The molecule has 2 aromatic rings. The number of rotatable bonds is 25. The van der Waals surface area contributed by atoms with E-state index >= 15 is 0 Å². The minimum Gasteiger partial charge on any atom is -0.494 e. The van der Waals surface area contributed by atoms with Crippen LogP contribution in [0.2, 0.25) is 0 Å². The summed E-state index contributed by atoms with van der Waals surface area (Å²) in [6.45, 7) is 8.41. The van der Waals surface area contributed by atoms with Gasteiger partial charge in [-0.15, -0.1) is 0 Å². The van der Waals surface area contributed by atoms with Gasteiger partial charge in [0.1, 0.15) is 11.5 Å². The Morgan fingerprint density at radius 2 is 1.28 bits per heavy atom. The molecule has 2 atom stereocenters. The lowest BCUT2D eigenvalue weighted by Gasteiger charge is -2.16. The zero-order chi connectivity index (χ0) is 31.0. The van der Waals surface area contributed by atoms with Crippen LogP contribution >= 0.6 is 0 Å². The topological polar surface area (TPSA) is 71.1 Å². The number of esters is 2. The van der Waals surface area contributed by atoms with Crippen molar-refractivity contribution in [2.45, 2.75) is 123 Å². The summed E-state index contributed by atoms with van der Waals surface area (Å²) in [6, 6.07) is 15.9. The first-order chi connectivity index (χ1) is 21.0. The molecule has 0 saturated heterocycles. The second kappa shape index (κ2) is 23.6. The number of unbranched alkanes of at least 4 members (excludes halogenated alkanes) is 8. The van der Waals surface area contributed by atoms with Gasteiger partial charge in [0.15, 0.2) is 0 Å². The normalized spacial score (nSPS) is 12.4. The van der Waals surface area contributed by atoms with Crippen molar-refractivity contribution in [3.8, 4) is 11.5 Å². The molecular weight excluding hydrogens is 540 g/mol. The zero-order valence-corrected chi connectivity index (χ0v) is 27.0. The van der Waals surface area contributed by atoms with E-state index in [1.165, 1.54) is 32.1 Å². The van der Waals surface area contributed by atoms with E-state index in [-0.39, 0.29) is 11.9 Å². The molecule has 0 amide bonds. The first kappa shape index (κ1) is 36.3. The van der Waals surface area contributed by atoms with E-state index in [1.54, 1.807) is 36.4 Å². The first-order valence-corrected chi connectivity index (χ1v) is 16.8. The third kappa shape index (κ3) is 17.1. The summed E-state index contributed by atoms with van der Waals surface area (Å²) in [5.41, 5.74) is 0.463. The molecule has 0 saturated carbocycles. The SMILES string of the molecule is CCCCCCCCOC(C)CCCCCOC(=O)C(CCCC)CCCOc1ccc(C(=O)Oc2ccccc2)cc1. The molecule has 0 heterocycles. The van der Waals surface area contributed by atoms with Crippen LogP contribution in [0.5, 0.6) is 11.5 Å². The molecule has 0 bridgehead atoms. The number of hydrogen-bond acceptors (Lipinski definition) is 6. The summed E-state index contributed by atoms with van der Waals surface area (Å²) in [6.07, 6.45) is 16.6. The summed E-state index contributed by atoms with van der Waals surface area (Å²) in [5, 5.41) is 0. The van der Waals surface area contributed by atoms with E-state index in [4.69, 9.17) is 18.9 Å². The number of benzene rings is 2. The summed E-state index contributed by atoms with van der Waals surface area (Å²) >= 11 is 0. The van der Waals surface area contributed by atoms with Gasteiger partial charge in [0, 0.05) is 6.61 Å². The fraction of sp³-hybridized carbons (Fsp3) is 0.622. The fourth-order valence-electron chi connectivity index (χ4n) is 4.94. The second-order valence-corrected chi connectivity index (χ2v) is 11.5. The summed E-state index contributed by atoms with van der Waals surface area (Å²) in [7, 11) is 0. The van der Waals surface area contributed by atoms with Gasteiger partial charge in [0.05, 0.1) is 30.8 Å². The predicted octanol–water partition coefficient (Wildman–Crippen LogP) is 9.74. The highest BCUT2D eigenvalue weighted by atomic mass is 16.5. The first-order valence-electron chi connectivity index (χ1n) is 16.8. The van der Waals surface area contributed by atoms with Crippen molar-refractivity contribution in [3.05, 3.63) is 60.2 Å². The van der Waals surface area contributed by atoms with Crippen molar-refractivity contribution in [3.63, 3.8) is 0 Å². The molecule has 0 spiro atoms. The Hall–Kier alpha value is -2.86. The second-order valence-electron chi connectivity index (χ2n) is 11.5. The number of ether oxygens (including phenoxy) is 4. The van der Waals surface area contributed by atoms with E-state index in [9.17, 15) is 9.59 Å². The van der Waals surface area contributed by atoms with Crippen molar-refractivity contribution in [2.75, 3.05) is 19.8 Å². The summed E-state index contributed by atoms with van der Waals surface area (Å²) in [4.78, 5) is 25.1. The van der Waals surface area contributed by atoms with Crippen molar-refractivity contribution in [1.82, 2.24) is 0 Å². The van der Waals surface area contributed by atoms with Crippen LogP contribution in [0, 0.1) is 5.92 Å². The molecule has 2 rings (SSSR count). The lowest BCUT2D eigenvalue weighted by Crippen LogP contribution is -2.19.